The van der Waals surface area contributed by atoms with Crippen molar-refractivity contribution in [2.75, 3.05) is 44.2 Å². The first kappa shape index (κ1) is 17.9. The number of ether oxygens (including phenoxy) is 1. The van der Waals surface area contributed by atoms with Gasteiger partial charge < -0.3 is 20.3 Å². The maximum Gasteiger partial charge on any atom is 0.225 e. The molecular weight excluding hydrogens is 316 g/mol. The highest BCUT2D eigenvalue weighted by Gasteiger charge is 2.25. The van der Waals surface area contributed by atoms with Crippen LogP contribution in [0.2, 0.25) is 0 Å². The van der Waals surface area contributed by atoms with Gasteiger partial charge in [-0.15, -0.1) is 0 Å². The lowest BCUT2D eigenvalue weighted by molar-refractivity contribution is -0.0321. The molecule has 3 rings (SSSR count). The molecule has 1 aromatic heterocycles. The molecular formula is C18H30N6O. The summed E-state index contributed by atoms with van der Waals surface area (Å²) in [6.45, 7) is 9.55. The Balaban J connectivity index is 1.47. The predicted molar refractivity (Wildman–Crippen MR) is 99.6 cm³/mol. The van der Waals surface area contributed by atoms with Crippen LogP contribution in [0.5, 0.6) is 0 Å². The quantitative estimate of drug-likeness (QED) is 0.655. The Kier molecular flexibility index (Phi) is 6.07. The maximum absolute atomic E-state index is 6.24. The fraction of sp³-hybridized carbons (Fsp3) is 0.722. The Bertz CT molecular complexity index is 556. The fourth-order valence-electron chi connectivity index (χ4n) is 3.44. The van der Waals surface area contributed by atoms with Crippen LogP contribution in [0.15, 0.2) is 23.5 Å². The van der Waals surface area contributed by atoms with E-state index in [0.29, 0.717) is 23.9 Å². The summed E-state index contributed by atoms with van der Waals surface area (Å²) < 4.78 is 5.84. The molecule has 1 aromatic rings. The van der Waals surface area contributed by atoms with Gasteiger partial charge in [0.05, 0.1) is 6.10 Å². The molecule has 0 aliphatic carbocycles. The van der Waals surface area contributed by atoms with E-state index in [1.165, 1.54) is 0 Å². The number of hydrogen-bond donors (Lipinski definition) is 1. The number of anilines is 1. The van der Waals surface area contributed by atoms with Crippen LogP contribution in [0.1, 0.15) is 26.7 Å². The second kappa shape index (κ2) is 8.47. The second-order valence-corrected chi connectivity index (χ2v) is 7.27. The molecule has 2 unspecified atom stereocenters. The molecule has 138 valence electrons. The van der Waals surface area contributed by atoms with Crippen LogP contribution in [0, 0.1) is 11.8 Å². The minimum atomic E-state index is 0.365. The molecule has 2 N–H and O–H groups in total. The van der Waals surface area contributed by atoms with Crippen molar-refractivity contribution in [3.05, 3.63) is 18.5 Å². The van der Waals surface area contributed by atoms with E-state index in [2.05, 4.69) is 38.6 Å². The lowest BCUT2D eigenvalue weighted by Crippen LogP contribution is -2.51. The number of aromatic nitrogens is 2. The Hall–Kier alpha value is -1.89. The van der Waals surface area contributed by atoms with Crippen molar-refractivity contribution in [1.82, 2.24) is 14.9 Å². The molecule has 0 spiro atoms. The van der Waals surface area contributed by atoms with Gasteiger partial charge in [-0.3, -0.25) is 4.99 Å². The Morgan fingerprint density at radius 1 is 1.28 bits per heavy atom. The highest BCUT2D eigenvalue weighted by molar-refractivity contribution is 5.78. The molecule has 3 heterocycles. The van der Waals surface area contributed by atoms with Crippen LogP contribution < -0.4 is 10.6 Å². The molecule has 0 amide bonds. The van der Waals surface area contributed by atoms with Gasteiger partial charge in [-0.25, -0.2) is 9.97 Å². The van der Waals surface area contributed by atoms with Crippen molar-refractivity contribution >= 4 is 11.9 Å². The molecule has 2 aliphatic heterocycles. The van der Waals surface area contributed by atoms with Gasteiger partial charge in [0.2, 0.25) is 5.95 Å². The van der Waals surface area contributed by atoms with Crippen molar-refractivity contribution in [3.8, 4) is 0 Å². The van der Waals surface area contributed by atoms with Crippen LogP contribution in [0.4, 0.5) is 5.95 Å². The molecule has 0 radical (unpaired) electrons. The van der Waals surface area contributed by atoms with Gasteiger partial charge in [0.25, 0.3) is 0 Å². The van der Waals surface area contributed by atoms with Crippen molar-refractivity contribution < 1.29 is 4.74 Å². The van der Waals surface area contributed by atoms with Crippen molar-refractivity contribution in [3.63, 3.8) is 0 Å². The first-order valence-electron chi connectivity index (χ1n) is 9.32. The van der Waals surface area contributed by atoms with Crippen LogP contribution in [-0.4, -0.2) is 66.3 Å². The van der Waals surface area contributed by atoms with Crippen molar-refractivity contribution in [2.45, 2.75) is 32.8 Å². The van der Waals surface area contributed by atoms with Gasteiger partial charge in [-0.05, 0) is 30.7 Å². The summed E-state index contributed by atoms with van der Waals surface area (Å²) in [5.41, 5.74) is 6.24. The first-order valence-corrected chi connectivity index (χ1v) is 9.32. The average Bonchev–Trinajstić information content (AvgIpc) is 2.67. The normalized spacial score (nSPS) is 25.5. The number of aliphatic imine (C=N–C) groups is 1. The summed E-state index contributed by atoms with van der Waals surface area (Å²) in [6, 6.07) is 1.84. The van der Waals surface area contributed by atoms with Crippen LogP contribution in [0.25, 0.3) is 0 Å². The standard InChI is InChI=1S/C18H30N6O/c1-14(2)16-12-15(4-11-25-16)13-22-17(19)23-7-9-24(10-8-23)18-20-5-3-6-21-18/h3,5-6,14-16H,4,7-13H2,1-2H3,(H2,19,22). The Labute approximate surface area is 150 Å². The van der Waals surface area contributed by atoms with Gasteiger partial charge in [-0.1, -0.05) is 13.8 Å². The second-order valence-electron chi connectivity index (χ2n) is 7.27. The average molecular weight is 346 g/mol. The summed E-state index contributed by atoms with van der Waals surface area (Å²) in [5, 5.41) is 0. The van der Waals surface area contributed by atoms with Crippen LogP contribution in [0.3, 0.4) is 0 Å². The number of hydrogen-bond acceptors (Lipinski definition) is 5. The van der Waals surface area contributed by atoms with E-state index >= 15 is 0 Å². The van der Waals surface area contributed by atoms with E-state index in [4.69, 9.17) is 10.5 Å². The lowest BCUT2D eigenvalue weighted by Gasteiger charge is -2.35. The molecule has 0 bridgehead atoms. The zero-order valence-corrected chi connectivity index (χ0v) is 15.3. The highest BCUT2D eigenvalue weighted by atomic mass is 16.5. The summed E-state index contributed by atoms with van der Waals surface area (Å²) in [4.78, 5) is 17.7. The topological polar surface area (TPSA) is 79.9 Å². The number of nitrogens with zero attached hydrogens (tertiary/aromatic N) is 5. The van der Waals surface area contributed by atoms with Gasteiger partial charge >= 0.3 is 0 Å². The smallest absolute Gasteiger partial charge is 0.225 e. The van der Waals surface area contributed by atoms with Gasteiger partial charge in [-0.2, -0.15) is 0 Å². The fourth-order valence-corrected chi connectivity index (χ4v) is 3.44. The number of rotatable bonds is 4. The van der Waals surface area contributed by atoms with Gasteiger partial charge in [0, 0.05) is 51.7 Å². The maximum atomic E-state index is 6.24. The highest BCUT2D eigenvalue weighted by Crippen LogP contribution is 2.25. The molecule has 2 fully saturated rings. The molecule has 0 aromatic carbocycles. The molecule has 7 heteroatoms. The Morgan fingerprint density at radius 2 is 2.00 bits per heavy atom. The number of guanidine groups is 1. The van der Waals surface area contributed by atoms with Crippen molar-refractivity contribution in [1.29, 1.82) is 0 Å². The summed E-state index contributed by atoms with van der Waals surface area (Å²) >= 11 is 0. The predicted octanol–water partition coefficient (Wildman–Crippen LogP) is 1.36. The first-order chi connectivity index (χ1) is 12.1. The molecule has 2 aliphatic rings. The zero-order valence-electron chi connectivity index (χ0n) is 15.3. The van der Waals surface area contributed by atoms with E-state index < -0.39 is 0 Å². The largest absolute Gasteiger partial charge is 0.378 e. The molecule has 25 heavy (non-hydrogen) atoms. The summed E-state index contributed by atoms with van der Waals surface area (Å²) in [5.74, 6) is 2.61. The van der Waals surface area contributed by atoms with E-state index in [9.17, 15) is 0 Å². The third-order valence-corrected chi connectivity index (χ3v) is 5.12. The third-order valence-electron chi connectivity index (χ3n) is 5.12. The molecule has 2 saturated heterocycles. The summed E-state index contributed by atoms with van der Waals surface area (Å²) in [7, 11) is 0. The summed E-state index contributed by atoms with van der Waals surface area (Å²) in [6.07, 6.45) is 6.10. The van der Waals surface area contributed by atoms with E-state index in [0.717, 1.165) is 58.1 Å². The third kappa shape index (κ3) is 4.81. The van der Waals surface area contributed by atoms with Gasteiger partial charge in [0.15, 0.2) is 5.96 Å². The van der Waals surface area contributed by atoms with Crippen LogP contribution >= 0.6 is 0 Å². The van der Waals surface area contributed by atoms with E-state index in [-0.39, 0.29) is 0 Å². The zero-order chi connectivity index (χ0) is 17.6. The van der Waals surface area contributed by atoms with Gasteiger partial charge in [0.1, 0.15) is 0 Å². The lowest BCUT2D eigenvalue weighted by atomic mass is 9.90. The minimum absolute atomic E-state index is 0.365. The van der Waals surface area contributed by atoms with Crippen LogP contribution in [-0.2, 0) is 4.74 Å². The number of piperazine rings is 1. The SMILES string of the molecule is CC(C)C1CC(CN=C(N)N2CCN(c3ncccn3)CC2)CCO1. The Morgan fingerprint density at radius 3 is 2.68 bits per heavy atom. The monoisotopic (exact) mass is 346 g/mol. The molecule has 7 nitrogen and oxygen atoms in total. The minimum Gasteiger partial charge on any atom is -0.378 e. The molecule has 2 atom stereocenters. The van der Waals surface area contributed by atoms with Crippen molar-refractivity contribution in [2.24, 2.45) is 22.6 Å². The number of nitrogens with two attached hydrogens (primary N) is 1. The van der Waals surface area contributed by atoms with E-state index in [1.807, 2.05) is 6.07 Å². The molecule has 0 saturated carbocycles. The van der Waals surface area contributed by atoms with E-state index in [1.54, 1.807) is 12.4 Å².